The van der Waals surface area contributed by atoms with Crippen LogP contribution in [0, 0.1) is 5.82 Å². The van der Waals surface area contributed by atoms with E-state index in [0.717, 1.165) is 42.6 Å². The zero-order valence-electron chi connectivity index (χ0n) is 13.3. The molecule has 4 rings (SSSR count). The number of fused-ring (bicyclic) bond motifs is 2. The molecule has 0 saturated heterocycles. The monoisotopic (exact) mass is 314 g/mol. The molecule has 0 aliphatic carbocycles. The number of halogens is 1. The summed E-state index contributed by atoms with van der Waals surface area (Å²) >= 11 is 0. The Bertz CT molecular complexity index is 849. The molecule has 0 radical (unpaired) electrons. The molecule has 0 atom stereocenters. The van der Waals surface area contributed by atoms with Crippen molar-refractivity contribution < 1.29 is 4.39 Å². The molecule has 0 spiro atoms. The molecule has 23 heavy (non-hydrogen) atoms. The van der Waals surface area contributed by atoms with Crippen LogP contribution in [-0.4, -0.2) is 36.2 Å². The van der Waals surface area contributed by atoms with Crippen molar-refractivity contribution >= 4 is 11.0 Å². The van der Waals surface area contributed by atoms with Gasteiger partial charge in [-0.25, -0.2) is 9.37 Å². The Hall–Kier alpha value is -2.28. The van der Waals surface area contributed by atoms with E-state index in [1.54, 1.807) is 6.07 Å². The standard InChI is InChI=1S/C16H19FN6/c1-10(2)16-21-20-14-9-22(6-7-23(14)16)8-13-18-12-5-3-4-11(17)15(12)19-13/h3-5,10H,6-9H2,1-2H3,(H,18,19). The van der Waals surface area contributed by atoms with E-state index in [0.29, 0.717) is 18.0 Å². The summed E-state index contributed by atoms with van der Waals surface area (Å²) in [6, 6.07) is 4.97. The third-order valence-corrected chi connectivity index (χ3v) is 4.26. The predicted octanol–water partition coefficient (Wildman–Crippen LogP) is 2.43. The van der Waals surface area contributed by atoms with Crippen LogP contribution in [0.25, 0.3) is 11.0 Å². The molecule has 2 aromatic heterocycles. The Balaban J connectivity index is 1.54. The highest BCUT2D eigenvalue weighted by Crippen LogP contribution is 2.20. The van der Waals surface area contributed by atoms with Crippen LogP contribution in [-0.2, 0) is 19.6 Å². The average molecular weight is 314 g/mol. The fourth-order valence-corrected chi connectivity index (χ4v) is 3.13. The summed E-state index contributed by atoms with van der Waals surface area (Å²) in [6.07, 6.45) is 0. The predicted molar refractivity (Wildman–Crippen MR) is 84.3 cm³/mol. The summed E-state index contributed by atoms with van der Waals surface area (Å²) < 4.78 is 15.9. The quantitative estimate of drug-likeness (QED) is 0.806. The van der Waals surface area contributed by atoms with Crippen molar-refractivity contribution in [3.05, 3.63) is 41.5 Å². The van der Waals surface area contributed by atoms with Crippen molar-refractivity contribution in [1.82, 2.24) is 29.6 Å². The largest absolute Gasteiger partial charge is 0.341 e. The van der Waals surface area contributed by atoms with Gasteiger partial charge in [0.25, 0.3) is 0 Å². The summed E-state index contributed by atoms with van der Waals surface area (Å²) in [5, 5.41) is 8.61. The van der Waals surface area contributed by atoms with Crippen LogP contribution in [0.15, 0.2) is 18.2 Å². The minimum Gasteiger partial charge on any atom is -0.341 e. The summed E-state index contributed by atoms with van der Waals surface area (Å²) in [6.45, 7) is 7.44. The van der Waals surface area contributed by atoms with E-state index in [1.165, 1.54) is 6.07 Å². The minimum absolute atomic E-state index is 0.287. The first-order valence-corrected chi connectivity index (χ1v) is 7.89. The lowest BCUT2D eigenvalue weighted by atomic mass is 10.2. The van der Waals surface area contributed by atoms with E-state index in [4.69, 9.17) is 0 Å². The first-order chi connectivity index (χ1) is 11.1. The minimum atomic E-state index is -0.287. The Morgan fingerprint density at radius 1 is 1.26 bits per heavy atom. The number of para-hydroxylation sites is 1. The van der Waals surface area contributed by atoms with Gasteiger partial charge in [-0.1, -0.05) is 19.9 Å². The number of benzene rings is 1. The van der Waals surface area contributed by atoms with Gasteiger partial charge in [-0.3, -0.25) is 4.90 Å². The lowest BCUT2D eigenvalue weighted by Gasteiger charge is -2.27. The fraction of sp³-hybridized carbons (Fsp3) is 0.438. The van der Waals surface area contributed by atoms with Gasteiger partial charge in [0.05, 0.1) is 18.6 Å². The van der Waals surface area contributed by atoms with E-state index in [9.17, 15) is 4.39 Å². The first-order valence-electron chi connectivity index (χ1n) is 7.89. The molecule has 0 unspecified atom stereocenters. The lowest BCUT2D eigenvalue weighted by Crippen LogP contribution is -2.34. The highest BCUT2D eigenvalue weighted by atomic mass is 19.1. The van der Waals surface area contributed by atoms with E-state index in [2.05, 4.69) is 43.5 Å². The summed E-state index contributed by atoms with van der Waals surface area (Å²) in [7, 11) is 0. The molecule has 0 amide bonds. The molecule has 1 aliphatic rings. The molecule has 1 N–H and O–H groups in total. The number of H-pyrrole nitrogens is 1. The molecule has 1 aliphatic heterocycles. The Kier molecular flexibility index (Phi) is 3.37. The van der Waals surface area contributed by atoms with Crippen molar-refractivity contribution in [2.45, 2.75) is 39.4 Å². The third-order valence-electron chi connectivity index (χ3n) is 4.26. The van der Waals surface area contributed by atoms with Crippen LogP contribution in [0.1, 0.15) is 37.2 Å². The van der Waals surface area contributed by atoms with E-state index in [-0.39, 0.29) is 5.82 Å². The molecule has 0 saturated carbocycles. The van der Waals surface area contributed by atoms with E-state index < -0.39 is 0 Å². The molecular formula is C16H19FN6. The Morgan fingerprint density at radius 3 is 2.91 bits per heavy atom. The summed E-state index contributed by atoms with van der Waals surface area (Å²) in [5.74, 6) is 2.90. The highest BCUT2D eigenvalue weighted by molar-refractivity contribution is 5.75. The van der Waals surface area contributed by atoms with Crippen molar-refractivity contribution in [3.8, 4) is 0 Å². The number of aromatic nitrogens is 5. The van der Waals surface area contributed by atoms with Crippen LogP contribution in [0.5, 0.6) is 0 Å². The molecule has 1 aromatic carbocycles. The fourth-order valence-electron chi connectivity index (χ4n) is 3.13. The second kappa shape index (κ2) is 5.42. The summed E-state index contributed by atoms with van der Waals surface area (Å²) in [4.78, 5) is 9.83. The number of aromatic amines is 1. The number of nitrogens with one attached hydrogen (secondary N) is 1. The van der Waals surface area contributed by atoms with Gasteiger partial charge in [-0.2, -0.15) is 0 Å². The van der Waals surface area contributed by atoms with Gasteiger partial charge in [0.15, 0.2) is 5.82 Å². The SMILES string of the molecule is CC(C)c1nnc2n1CCN(Cc1nc3c(F)cccc3[nH]1)C2. The molecule has 7 heteroatoms. The molecule has 0 bridgehead atoms. The van der Waals surface area contributed by atoms with Crippen molar-refractivity contribution in [2.75, 3.05) is 6.54 Å². The summed E-state index contributed by atoms with van der Waals surface area (Å²) in [5.41, 5.74) is 1.15. The Labute approximate surface area is 133 Å². The molecule has 120 valence electrons. The van der Waals surface area contributed by atoms with E-state index >= 15 is 0 Å². The maximum absolute atomic E-state index is 13.7. The number of nitrogens with zero attached hydrogens (tertiary/aromatic N) is 5. The van der Waals surface area contributed by atoms with Gasteiger partial charge in [0, 0.05) is 19.0 Å². The van der Waals surface area contributed by atoms with Gasteiger partial charge in [-0.15, -0.1) is 10.2 Å². The van der Waals surface area contributed by atoms with Crippen LogP contribution >= 0.6 is 0 Å². The van der Waals surface area contributed by atoms with E-state index in [1.807, 2.05) is 6.07 Å². The van der Waals surface area contributed by atoms with Crippen LogP contribution in [0.3, 0.4) is 0 Å². The van der Waals surface area contributed by atoms with Crippen LogP contribution in [0.4, 0.5) is 4.39 Å². The van der Waals surface area contributed by atoms with Gasteiger partial charge in [-0.05, 0) is 12.1 Å². The molecule has 0 fully saturated rings. The lowest BCUT2D eigenvalue weighted by molar-refractivity contribution is 0.202. The molecule has 6 nitrogen and oxygen atoms in total. The normalized spacial score (nSPS) is 15.5. The zero-order chi connectivity index (χ0) is 16.0. The average Bonchev–Trinajstić information content (AvgIpc) is 3.11. The number of hydrogen-bond acceptors (Lipinski definition) is 4. The van der Waals surface area contributed by atoms with Gasteiger partial charge in [0.1, 0.15) is 23.0 Å². The van der Waals surface area contributed by atoms with Gasteiger partial charge in [0.2, 0.25) is 0 Å². The molecule has 3 aromatic rings. The maximum Gasteiger partial charge on any atom is 0.151 e. The topological polar surface area (TPSA) is 62.6 Å². The molecule has 3 heterocycles. The second-order valence-electron chi connectivity index (χ2n) is 6.31. The number of rotatable bonds is 3. The third kappa shape index (κ3) is 2.50. The zero-order valence-corrected chi connectivity index (χ0v) is 13.3. The first kappa shape index (κ1) is 14.3. The van der Waals surface area contributed by atoms with Crippen LogP contribution in [0.2, 0.25) is 0 Å². The second-order valence-corrected chi connectivity index (χ2v) is 6.31. The number of imidazole rings is 1. The maximum atomic E-state index is 13.7. The highest BCUT2D eigenvalue weighted by Gasteiger charge is 2.23. The Morgan fingerprint density at radius 2 is 2.13 bits per heavy atom. The van der Waals surface area contributed by atoms with Crippen molar-refractivity contribution in [3.63, 3.8) is 0 Å². The van der Waals surface area contributed by atoms with Gasteiger partial charge >= 0.3 is 0 Å². The molecular weight excluding hydrogens is 295 g/mol. The van der Waals surface area contributed by atoms with Crippen molar-refractivity contribution in [1.29, 1.82) is 0 Å². The number of hydrogen-bond donors (Lipinski definition) is 1. The van der Waals surface area contributed by atoms with Crippen LogP contribution < -0.4 is 0 Å². The van der Waals surface area contributed by atoms with Crippen molar-refractivity contribution in [2.24, 2.45) is 0 Å². The van der Waals surface area contributed by atoms with Gasteiger partial charge < -0.3 is 9.55 Å². The smallest absolute Gasteiger partial charge is 0.151 e.